The molecule has 0 spiro atoms. The fourth-order valence-corrected chi connectivity index (χ4v) is 3.00. The Hall–Kier alpha value is -1.53. The number of aliphatic hydroxyl groups is 1. The number of sulfonamides is 1. The summed E-state index contributed by atoms with van der Waals surface area (Å²) in [4.78, 5) is -0.194. The number of hydrogen-bond donors (Lipinski definition) is 1. The fourth-order valence-electron chi connectivity index (χ4n) is 1.56. The first-order valence-electron chi connectivity index (χ1n) is 5.77. The molecule has 0 saturated carbocycles. The van der Waals surface area contributed by atoms with Gasteiger partial charge in [0.05, 0.1) is 23.7 Å². The maximum Gasteiger partial charge on any atom is 0.243 e. The predicted molar refractivity (Wildman–Crippen MR) is 68.8 cm³/mol. The minimum atomic E-state index is -3.91. The highest BCUT2D eigenvalue weighted by Crippen LogP contribution is 2.18. The third-order valence-corrected chi connectivity index (χ3v) is 4.48. The van der Waals surface area contributed by atoms with Crippen LogP contribution >= 0.6 is 0 Å². The second-order valence-corrected chi connectivity index (χ2v) is 5.81. The number of nitriles is 1. The van der Waals surface area contributed by atoms with Gasteiger partial charge in [-0.25, -0.2) is 12.8 Å². The van der Waals surface area contributed by atoms with Gasteiger partial charge >= 0.3 is 0 Å². The topological polar surface area (TPSA) is 90.6 Å². The van der Waals surface area contributed by atoms with E-state index in [1.807, 2.05) is 0 Å². The van der Waals surface area contributed by atoms with E-state index in [1.54, 1.807) is 6.07 Å². The van der Waals surface area contributed by atoms with Crippen molar-refractivity contribution in [2.75, 3.05) is 33.4 Å². The monoisotopic (exact) mass is 302 g/mol. The number of methoxy groups -OCH3 is 1. The van der Waals surface area contributed by atoms with Crippen LogP contribution in [0.2, 0.25) is 0 Å². The van der Waals surface area contributed by atoms with Gasteiger partial charge in [0, 0.05) is 20.2 Å². The molecule has 1 aromatic rings. The third kappa shape index (κ3) is 3.74. The van der Waals surface area contributed by atoms with Crippen LogP contribution in [-0.2, 0) is 14.8 Å². The van der Waals surface area contributed by atoms with E-state index in [0.29, 0.717) is 0 Å². The Morgan fingerprint density at radius 2 is 2.15 bits per heavy atom. The molecule has 0 heterocycles. The van der Waals surface area contributed by atoms with E-state index in [4.69, 9.17) is 15.1 Å². The summed E-state index contributed by atoms with van der Waals surface area (Å²) in [6.45, 7) is -0.246. The van der Waals surface area contributed by atoms with Gasteiger partial charge in [-0.1, -0.05) is 0 Å². The molecule has 0 saturated heterocycles. The van der Waals surface area contributed by atoms with Crippen LogP contribution < -0.4 is 0 Å². The van der Waals surface area contributed by atoms with Crippen molar-refractivity contribution in [1.82, 2.24) is 4.31 Å². The molecule has 0 aliphatic heterocycles. The zero-order chi connectivity index (χ0) is 15.2. The van der Waals surface area contributed by atoms with Gasteiger partial charge in [-0.15, -0.1) is 0 Å². The Kier molecular flexibility index (Phi) is 6.04. The van der Waals surface area contributed by atoms with Crippen molar-refractivity contribution in [3.63, 3.8) is 0 Å². The maximum atomic E-state index is 13.2. The first-order valence-corrected chi connectivity index (χ1v) is 7.21. The highest BCUT2D eigenvalue weighted by molar-refractivity contribution is 7.89. The summed E-state index contributed by atoms with van der Waals surface area (Å²) < 4.78 is 43.7. The zero-order valence-corrected chi connectivity index (χ0v) is 11.7. The molecule has 0 aliphatic carbocycles. The summed E-state index contributed by atoms with van der Waals surface area (Å²) >= 11 is 0. The second-order valence-electron chi connectivity index (χ2n) is 3.87. The number of rotatable bonds is 7. The smallest absolute Gasteiger partial charge is 0.243 e. The molecular weight excluding hydrogens is 287 g/mol. The highest BCUT2D eigenvalue weighted by atomic mass is 32.2. The number of ether oxygens (including phenoxy) is 1. The summed E-state index contributed by atoms with van der Waals surface area (Å²) in [7, 11) is -2.48. The molecule has 0 aromatic heterocycles. The second kappa shape index (κ2) is 7.31. The van der Waals surface area contributed by atoms with Gasteiger partial charge in [-0.05, 0) is 18.2 Å². The van der Waals surface area contributed by atoms with Crippen LogP contribution in [0.4, 0.5) is 4.39 Å². The van der Waals surface area contributed by atoms with Crippen LogP contribution in [0.15, 0.2) is 23.1 Å². The molecule has 20 heavy (non-hydrogen) atoms. The van der Waals surface area contributed by atoms with Crippen LogP contribution in [0.1, 0.15) is 5.56 Å². The summed E-state index contributed by atoms with van der Waals surface area (Å²) in [6.07, 6.45) is 0. The van der Waals surface area contributed by atoms with E-state index < -0.39 is 15.8 Å². The van der Waals surface area contributed by atoms with Crippen molar-refractivity contribution < 1.29 is 22.7 Å². The summed E-state index contributed by atoms with van der Waals surface area (Å²) in [5.41, 5.74) is -0.346. The molecule has 0 fully saturated rings. The predicted octanol–water partition coefficient (Wildman–Crippen LogP) is 0.327. The lowest BCUT2D eigenvalue weighted by Gasteiger charge is -2.21. The molecule has 0 amide bonds. The van der Waals surface area contributed by atoms with Gasteiger partial charge in [0.25, 0.3) is 0 Å². The fraction of sp³-hybridized carbons (Fsp3) is 0.417. The molecule has 0 unspecified atom stereocenters. The van der Waals surface area contributed by atoms with E-state index in [1.165, 1.54) is 7.11 Å². The van der Waals surface area contributed by atoms with Gasteiger partial charge < -0.3 is 9.84 Å². The van der Waals surface area contributed by atoms with Crippen molar-refractivity contribution in [2.24, 2.45) is 0 Å². The zero-order valence-electron chi connectivity index (χ0n) is 10.9. The molecule has 1 N–H and O–H groups in total. The summed E-state index contributed by atoms with van der Waals surface area (Å²) in [6, 6.07) is 4.58. The molecule has 6 nitrogen and oxygen atoms in total. The van der Waals surface area contributed by atoms with Gasteiger partial charge in [0.15, 0.2) is 0 Å². The molecular formula is C12H15FN2O4S. The van der Waals surface area contributed by atoms with Gasteiger partial charge in [-0.3, -0.25) is 0 Å². The maximum absolute atomic E-state index is 13.2. The van der Waals surface area contributed by atoms with Gasteiger partial charge in [-0.2, -0.15) is 9.57 Å². The van der Waals surface area contributed by atoms with E-state index in [-0.39, 0.29) is 36.8 Å². The van der Waals surface area contributed by atoms with Crippen molar-refractivity contribution in [3.05, 3.63) is 29.6 Å². The third-order valence-electron chi connectivity index (χ3n) is 2.59. The van der Waals surface area contributed by atoms with E-state index in [0.717, 1.165) is 22.5 Å². The Morgan fingerprint density at radius 1 is 1.45 bits per heavy atom. The standard InChI is InChI=1S/C12H15FN2O4S/c1-19-7-5-15(4-6-16)20(17,18)11-2-3-12(13)10(8-11)9-14/h2-3,8,16H,4-7H2,1H3. The van der Waals surface area contributed by atoms with Crippen molar-refractivity contribution in [3.8, 4) is 6.07 Å². The normalized spacial score (nSPS) is 11.6. The molecule has 0 aliphatic rings. The Morgan fingerprint density at radius 3 is 2.70 bits per heavy atom. The summed E-state index contributed by atoms with van der Waals surface area (Å²) in [5.74, 6) is -0.781. The number of halogens is 1. The first-order chi connectivity index (χ1) is 9.47. The molecule has 8 heteroatoms. The lowest BCUT2D eigenvalue weighted by atomic mass is 10.2. The minimum absolute atomic E-state index is 0.0542. The van der Waals surface area contributed by atoms with Crippen molar-refractivity contribution >= 4 is 10.0 Å². The quantitative estimate of drug-likeness (QED) is 0.783. The Balaban J connectivity index is 3.15. The lowest BCUT2D eigenvalue weighted by molar-refractivity contribution is 0.168. The van der Waals surface area contributed by atoms with E-state index in [9.17, 15) is 12.8 Å². The van der Waals surface area contributed by atoms with Gasteiger partial charge in [0.1, 0.15) is 11.9 Å². The van der Waals surface area contributed by atoms with Crippen LogP contribution in [0.5, 0.6) is 0 Å². The van der Waals surface area contributed by atoms with Gasteiger partial charge in [0.2, 0.25) is 10.0 Å². The Bertz CT molecular complexity index is 598. The van der Waals surface area contributed by atoms with Crippen molar-refractivity contribution in [2.45, 2.75) is 4.90 Å². The molecule has 110 valence electrons. The number of benzene rings is 1. The minimum Gasteiger partial charge on any atom is -0.395 e. The van der Waals surface area contributed by atoms with E-state index in [2.05, 4.69) is 0 Å². The lowest BCUT2D eigenvalue weighted by Crippen LogP contribution is -2.36. The van der Waals surface area contributed by atoms with Crippen LogP contribution in [0.3, 0.4) is 0 Å². The molecule has 0 atom stereocenters. The average molecular weight is 302 g/mol. The summed E-state index contributed by atoms with van der Waals surface area (Å²) in [5, 5.41) is 17.7. The largest absolute Gasteiger partial charge is 0.395 e. The number of nitrogens with zero attached hydrogens (tertiary/aromatic N) is 2. The Labute approximate surface area is 117 Å². The van der Waals surface area contributed by atoms with Crippen LogP contribution in [-0.4, -0.2) is 51.2 Å². The van der Waals surface area contributed by atoms with E-state index >= 15 is 0 Å². The number of aliphatic hydroxyl groups excluding tert-OH is 1. The first kappa shape index (κ1) is 16.5. The number of hydrogen-bond acceptors (Lipinski definition) is 5. The van der Waals surface area contributed by atoms with Crippen LogP contribution in [0, 0.1) is 17.1 Å². The van der Waals surface area contributed by atoms with Crippen molar-refractivity contribution in [1.29, 1.82) is 5.26 Å². The molecule has 0 bridgehead atoms. The molecule has 1 aromatic carbocycles. The average Bonchev–Trinajstić information content (AvgIpc) is 2.43. The molecule has 0 radical (unpaired) electrons. The highest BCUT2D eigenvalue weighted by Gasteiger charge is 2.24. The SMILES string of the molecule is COCCN(CCO)S(=O)(=O)c1ccc(F)c(C#N)c1. The van der Waals surface area contributed by atoms with Crippen LogP contribution in [0.25, 0.3) is 0 Å². The molecule has 1 rings (SSSR count).